The number of para-hydroxylation sites is 1. The summed E-state index contributed by atoms with van der Waals surface area (Å²) in [5.41, 5.74) is 0.334. The molecule has 1 unspecified atom stereocenters. The predicted molar refractivity (Wildman–Crippen MR) is 87.8 cm³/mol. The maximum Gasteiger partial charge on any atom is 0.276 e. The zero-order valence-corrected chi connectivity index (χ0v) is 13.1. The number of benzene rings is 1. The summed E-state index contributed by atoms with van der Waals surface area (Å²) in [4.78, 5) is 10.5. The fourth-order valence-electron chi connectivity index (χ4n) is 2.18. The van der Waals surface area contributed by atoms with Crippen molar-refractivity contribution in [1.29, 1.82) is 0 Å². The van der Waals surface area contributed by atoms with Crippen LogP contribution in [0.25, 0.3) is 6.08 Å². The fourth-order valence-corrected chi connectivity index (χ4v) is 2.18. The fraction of sp³-hybridized carbons (Fsp3) is 0.312. The van der Waals surface area contributed by atoms with Crippen LogP contribution in [0.2, 0.25) is 0 Å². The predicted octanol–water partition coefficient (Wildman–Crippen LogP) is 1.84. The molecule has 1 atom stereocenters. The molecule has 2 aromatic rings. The molecule has 2 N–H and O–H groups in total. The van der Waals surface area contributed by atoms with Crippen molar-refractivity contribution in [2.24, 2.45) is 7.05 Å². The Morgan fingerprint density at radius 3 is 2.87 bits per heavy atom. The smallest absolute Gasteiger partial charge is 0.276 e. The minimum Gasteiger partial charge on any atom is -0.384 e. The van der Waals surface area contributed by atoms with Gasteiger partial charge in [-0.2, -0.15) is 5.10 Å². The van der Waals surface area contributed by atoms with Crippen LogP contribution in [-0.2, 0) is 12.6 Å². The summed E-state index contributed by atoms with van der Waals surface area (Å²) >= 11 is 0. The maximum atomic E-state index is 10.9. The van der Waals surface area contributed by atoms with Crippen LogP contribution in [0.4, 0.5) is 5.69 Å². The van der Waals surface area contributed by atoms with Crippen molar-refractivity contribution in [2.45, 2.75) is 12.5 Å². The van der Waals surface area contributed by atoms with E-state index in [1.54, 1.807) is 61.4 Å². The van der Waals surface area contributed by atoms with Crippen LogP contribution in [0.3, 0.4) is 0 Å². The first-order valence-electron chi connectivity index (χ1n) is 7.22. The second-order valence-corrected chi connectivity index (χ2v) is 5.53. The van der Waals surface area contributed by atoms with E-state index >= 15 is 0 Å². The van der Waals surface area contributed by atoms with E-state index in [9.17, 15) is 15.2 Å². The van der Waals surface area contributed by atoms with Gasteiger partial charge in [-0.05, 0) is 13.0 Å². The first-order chi connectivity index (χ1) is 10.9. The van der Waals surface area contributed by atoms with E-state index in [-0.39, 0.29) is 5.69 Å². The van der Waals surface area contributed by atoms with Gasteiger partial charge in [0.2, 0.25) is 0 Å². The molecule has 1 aromatic carbocycles. The molecule has 1 heterocycles. The van der Waals surface area contributed by atoms with Gasteiger partial charge in [-0.25, -0.2) is 0 Å². The molecule has 0 saturated heterocycles. The van der Waals surface area contributed by atoms with Gasteiger partial charge in [0.15, 0.2) is 0 Å². The second-order valence-electron chi connectivity index (χ2n) is 5.53. The van der Waals surface area contributed by atoms with Gasteiger partial charge in [-0.3, -0.25) is 14.8 Å². The lowest BCUT2D eigenvalue weighted by atomic mass is 10.00. The number of hydrogen-bond acceptors (Lipinski definition) is 5. The second kappa shape index (κ2) is 7.17. The molecule has 0 amide bonds. The Hall–Kier alpha value is -2.51. The number of aryl methyl sites for hydroxylation is 1. The molecule has 0 spiro atoms. The molecule has 0 aliphatic rings. The van der Waals surface area contributed by atoms with E-state index in [2.05, 4.69) is 10.4 Å². The quantitative estimate of drug-likeness (QED) is 0.462. The number of nitro groups is 1. The van der Waals surface area contributed by atoms with Gasteiger partial charge in [0, 0.05) is 38.0 Å². The van der Waals surface area contributed by atoms with Crippen LogP contribution in [0, 0.1) is 10.1 Å². The van der Waals surface area contributed by atoms with E-state index in [1.807, 2.05) is 0 Å². The van der Waals surface area contributed by atoms with Crippen molar-refractivity contribution < 1.29 is 10.0 Å². The highest BCUT2D eigenvalue weighted by Gasteiger charge is 2.23. The lowest BCUT2D eigenvalue weighted by Gasteiger charge is -2.21. The molecule has 0 radical (unpaired) electrons. The van der Waals surface area contributed by atoms with Crippen LogP contribution in [0.5, 0.6) is 0 Å². The number of aliphatic hydroxyl groups is 1. The van der Waals surface area contributed by atoms with Gasteiger partial charge in [0.05, 0.1) is 16.7 Å². The maximum absolute atomic E-state index is 10.9. The van der Waals surface area contributed by atoms with Crippen LogP contribution >= 0.6 is 0 Å². The van der Waals surface area contributed by atoms with E-state index in [1.165, 1.54) is 6.07 Å². The minimum absolute atomic E-state index is 0.0751. The molecule has 0 fully saturated rings. The monoisotopic (exact) mass is 316 g/mol. The van der Waals surface area contributed by atoms with Gasteiger partial charge in [-0.15, -0.1) is 0 Å². The lowest BCUT2D eigenvalue weighted by molar-refractivity contribution is -0.385. The molecule has 7 nitrogen and oxygen atoms in total. The van der Waals surface area contributed by atoms with E-state index in [4.69, 9.17) is 0 Å². The Labute approximate surface area is 134 Å². The summed E-state index contributed by atoms with van der Waals surface area (Å²) in [5, 5.41) is 28.5. The van der Waals surface area contributed by atoms with Gasteiger partial charge in [0.1, 0.15) is 5.60 Å². The van der Waals surface area contributed by atoms with E-state index in [0.29, 0.717) is 18.7 Å². The summed E-state index contributed by atoms with van der Waals surface area (Å²) < 4.78 is 1.64. The Morgan fingerprint density at radius 2 is 2.22 bits per heavy atom. The van der Waals surface area contributed by atoms with Crippen molar-refractivity contribution in [3.05, 3.63) is 64.0 Å². The molecule has 0 aliphatic heterocycles. The minimum atomic E-state index is -1.03. The number of hydrogen-bond donors (Lipinski definition) is 2. The summed E-state index contributed by atoms with van der Waals surface area (Å²) in [7, 11) is 1.79. The Morgan fingerprint density at radius 1 is 1.48 bits per heavy atom. The third-order valence-electron chi connectivity index (χ3n) is 3.49. The molecular weight excluding hydrogens is 296 g/mol. The molecule has 0 bridgehead atoms. The molecule has 7 heteroatoms. The topological polar surface area (TPSA) is 93.2 Å². The molecule has 122 valence electrons. The standard InChI is InChI=1S/C16H20N4O3/c1-16(21,14-10-18-19(2)11-14)12-17-9-5-7-13-6-3-4-8-15(13)20(22)23/h3-8,10-11,17,21H,9,12H2,1-2H3/b7-5+. The van der Waals surface area contributed by atoms with Crippen LogP contribution < -0.4 is 5.32 Å². The number of nitro benzene ring substituents is 1. The van der Waals surface area contributed by atoms with Gasteiger partial charge in [-0.1, -0.05) is 24.3 Å². The highest BCUT2D eigenvalue weighted by atomic mass is 16.6. The molecule has 0 aliphatic carbocycles. The Bertz CT molecular complexity index is 707. The number of nitrogens with zero attached hydrogens (tertiary/aromatic N) is 3. The number of aromatic nitrogens is 2. The third kappa shape index (κ3) is 4.48. The van der Waals surface area contributed by atoms with Crippen LogP contribution in [0.15, 0.2) is 42.7 Å². The molecule has 0 saturated carbocycles. The molecular formula is C16H20N4O3. The van der Waals surface area contributed by atoms with E-state index < -0.39 is 10.5 Å². The first-order valence-corrected chi connectivity index (χ1v) is 7.22. The summed E-state index contributed by atoms with van der Waals surface area (Å²) in [6.07, 6.45) is 6.89. The van der Waals surface area contributed by atoms with Crippen LogP contribution in [-0.4, -0.2) is 32.9 Å². The number of rotatable bonds is 7. The van der Waals surface area contributed by atoms with E-state index in [0.717, 1.165) is 5.56 Å². The molecule has 2 rings (SSSR count). The SMILES string of the molecule is Cn1cc(C(C)(O)CNC/C=C/c2ccccc2[N+](=O)[O-])cn1. The average Bonchev–Trinajstić information content (AvgIpc) is 2.94. The Balaban J connectivity index is 1.89. The zero-order valence-electron chi connectivity index (χ0n) is 13.1. The van der Waals surface area contributed by atoms with Crippen molar-refractivity contribution in [3.63, 3.8) is 0 Å². The third-order valence-corrected chi connectivity index (χ3v) is 3.49. The van der Waals surface area contributed by atoms with Gasteiger partial charge < -0.3 is 10.4 Å². The van der Waals surface area contributed by atoms with Gasteiger partial charge >= 0.3 is 0 Å². The first kappa shape index (κ1) is 16.9. The molecule has 1 aromatic heterocycles. The normalized spacial score (nSPS) is 14.0. The van der Waals surface area contributed by atoms with Crippen molar-refractivity contribution >= 4 is 11.8 Å². The highest BCUT2D eigenvalue weighted by Crippen LogP contribution is 2.19. The summed E-state index contributed by atoms with van der Waals surface area (Å²) in [5.74, 6) is 0. The summed E-state index contributed by atoms with van der Waals surface area (Å²) in [6, 6.07) is 6.56. The lowest BCUT2D eigenvalue weighted by Crippen LogP contribution is -2.35. The van der Waals surface area contributed by atoms with Crippen molar-refractivity contribution in [2.75, 3.05) is 13.1 Å². The Kier molecular flexibility index (Phi) is 5.25. The number of nitrogens with one attached hydrogen (secondary N) is 1. The average molecular weight is 316 g/mol. The highest BCUT2D eigenvalue weighted by molar-refractivity contribution is 5.60. The van der Waals surface area contributed by atoms with Crippen molar-refractivity contribution in [1.82, 2.24) is 15.1 Å². The van der Waals surface area contributed by atoms with Gasteiger partial charge in [0.25, 0.3) is 5.69 Å². The molecule has 23 heavy (non-hydrogen) atoms. The van der Waals surface area contributed by atoms with Crippen LogP contribution in [0.1, 0.15) is 18.1 Å². The zero-order chi connectivity index (χ0) is 16.9. The largest absolute Gasteiger partial charge is 0.384 e. The summed E-state index contributed by atoms with van der Waals surface area (Å²) in [6.45, 7) is 2.55. The van der Waals surface area contributed by atoms with Crippen molar-refractivity contribution in [3.8, 4) is 0 Å².